The van der Waals surface area contributed by atoms with Gasteiger partial charge in [0.2, 0.25) is 0 Å². The summed E-state index contributed by atoms with van der Waals surface area (Å²) >= 11 is 0. The van der Waals surface area contributed by atoms with E-state index in [9.17, 15) is 4.79 Å². The molecule has 5 nitrogen and oxygen atoms in total. The standard InChI is InChI=1S/C10H11N3O2/c11-6-8-2-1-5-13(10(8)14)7-9-3-4-12-15-9/h1-5H,6-7,11H2. The predicted octanol–water partition coefficient (Wildman–Crippen LogP) is 0.343. The normalized spacial score (nSPS) is 10.5. The Morgan fingerprint density at radius 2 is 2.33 bits per heavy atom. The second kappa shape index (κ2) is 4.10. The fourth-order valence-electron chi connectivity index (χ4n) is 1.36. The predicted molar refractivity (Wildman–Crippen MR) is 54.2 cm³/mol. The first-order chi connectivity index (χ1) is 7.31. The molecule has 0 bridgehead atoms. The van der Waals surface area contributed by atoms with Gasteiger partial charge in [0, 0.05) is 24.4 Å². The summed E-state index contributed by atoms with van der Waals surface area (Å²) in [5.74, 6) is 0.645. The average molecular weight is 205 g/mol. The second-order valence-electron chi connectivity index (χ2n) is 3.15. The summed E-state index contributed by atoms with van der Waals surface area (Å²) in [5, 5.41) is 3.58. The summed E-state index contributed by atoms with van der Waals surface area (Å²) in [6, 6.07) is 5.24. The molecule has 2 aromatic rings. The molecule has 5 heteroatoms. The Bertz CT molecular complexity index is 488. The Hall–Kier alpha value is -1.88. The van der Waals surface area contributed by atoms with Gasteiger partial charge in [-0.1, -0.05) is 11.2 Å². The van der Waals surface area contributed by atoms with Crippen LogP contribution in [0, 0.1) is 0 Å². The first kappa shape index (κ1) is 9.67. The molecule has 0 aliphatic rings. The highest BCUT2D eigenvalue weighted by Gasteiger charge is 2.03. The molecule has 2 N–H and O–H groups in total. The van der Waals surface area contributed by atoms with Crippen LogP contribution in [0.4, 0.5) is 0 Å². The van der Waals surface area contributed by atoms with Crippen LogP contribution in [0.15, 0.2) is 39.9 Å². The average Bonchev–Trinajstić information content (AvgIpc) is 2.74. The van der Waals surface area contributed by atoms with Crippen molar-refractivity contribution in [1.82, 2.24) is 9.72 Å². The van der Waals surface area contributed by atoms with E-state index in [4.69, 9.17) is 10.3 Å². The Morgan fingerprint density at radius 1 is 1.47 bits per heavy atom. The summed E-state index contributed by atoms with van der Waals surface area (Å²) < 4.78 is 6.47. The molecule has 15 heavy (non-hydrogen) atoms. The first-order valence-corrected chi connectivity index (χ1v) is 4.59. The summed E-state index contributed by atoms with van der Waals surface area (Å²) in [7, 11) is 0. The van der Waals surface area contributed by atoms with Gasteiger partial charge in [0.05, 0.1) is 12.7 Å². The number of pyridine rings is 1. The fraction of sp³-hybridized carbons (Fsp3) is 0.200. The second-order valence-corrected chi connectivity index (χ2v) is 3.15. The zero-order valence-electron chi connectivity index (χ0n) is 8.09. The Morgan fingerprint density at radius 3 is 3.00 bits per heavy atom. The molecule has 78 valence electrons. The highest BCUT2D eigenvalue weighted by Crippen LogP contribution is 1.99. The molecule has 0 aromatic carbocycles. The maximum atomic E-state index is 11.7. The van der Waals surface area contributed by atoms with Crippen molar-refractivity contribution in [2.24, 2.45) is 5.73 Å². The van der Waals surface area contributed by atoms with Crippen LogP contribution in [0.25, 0.3) is 0 Å². The van der Waals surface area contributed by atoms with E-state index < -0.39 is 0 Å². The third-order valence-electron chi connectivity index (χ3n) is 2.14. The molecule has 0 saturated carbocycles. The molecule has 0 amide bonds. The largest absolute Gasteiger partial charge is 0.359 e. The van der Waals surface area contributed by atoms with Crippen LogP contribution in [0.1, 0.15) is 11.3 Å². The number of hydrogen-bond acceptors (Lipinski definition) is 4. The lowest BCUT2D eigenvalue weighted by atomic mass is 10.3. The molecule has 2 aromatic heterocycles. The van der Waals surface area contributed by atoms with Gasteiger partial charge in [0.1, 0.15) is 0 Å². The van der Waals surface area contributed by atoms with Crippen LogP contribution in [-0.2, 0) is 13.1 Å². The third kappa shape index (κ3) is 1.97. The van der Waals surface area contributed by atoms with Crippen molar-refractivity contribution in [2.75, 3.05) is 0 Å². The smallest absolute Gasteiger partial charge is 0.255 e. The van der Waals surface area contributed by atoms with Crippen LogP contribution in [0.2, 0.25) is 0 Å². The van der Waals surface area contributed by atoms with Gasteiger partial charge in [-0.2, -0.15) is 0 Å². The molecule has 0 spiro atoms. The van der Waals surface area contributed by atoms with Gasteiger partial charge in [-0.3, -0.25) is 4.79 Å². The molecule has 0 atom stereocenters. The summed E-state index contributed by atoms with van der Waals surface area (Å²) in [5.41, 5.74) is 5.95. The molecule has 0 aliphatic carbocycles. The maximum absolute atomic E-state index is 11.7. The van der Waals surface area contributed by atoms with Gasteiger partial charge in [-0.05, 0) is 6.07 Å². The van der Waals surface area contributed by atoms with Crippen molar-refractivity contribution in [3.63, 3.8) is 0 Å². The highest BCUT2D eigenvalue weighted by atomic mass is 16.5. The Kier molecular flexibility index (Phi) is 2.64. The van der Waals surface area contributed by atoms with Crippen molar-refractivity contribution in [3.05, 3.63) is 52.3 Å². The van der Waals surface area contributed by atoms with Gasteiger partial charge in [0.15, 0.2) is 5.76 Å². The van der Waals surface area contributed by atoms with E-state index in [1.165, 1.54) is 0 Å². The molecular formula is C10H11N3O2. The number of nitrogens with zero attached hydrogens (tertiary/aromatic N) is 2. The van der Waals surface area contributed by atoms with E-state index in [0.29, 0.717) is 17.9 Å². The zero-order chi connectivity index (χ0) is 10.7. The van der Waals surface area contributed by atoms with E-state index in [2.05, 4.69) is 5.16 Å². The van der Waals surface area contributed by atoms with Crippen LogP contribution >= 0.6 is 0 Å². The molecule has 0 radical (unpaired) electrons. The minimum absolute atomic E-state index is 0.0867. The van der Waals surface area contributed by atoms with E-state index in [1.54, 1.807) is 35.2 Å². The van der Waals surface area contributed by atoms with Crippen molar-refractivity contribution in [1.29, 1.82) is 0 Å². The molecule has 2 rings (SSSR count). The minimum Gasteiger partial charge on any atom is -0.359 e. The lowest BCUT2D eigenvalue weighted by Gasteiger charge is -2.04. The van der Waals surface area contributed by atoms with E-state index in [0.717, 1.165) is 0 Å². The SMILES string of the molecule is NCc1cccn(Cc2ccno2)c1=O. The van der Waals surface area contributed by atoms with Crippen LogP contribution < -0.4 is 11.3 Å². The topological polar surface area (TPSA) is 74.1 Å². The van der Waals surface area contributed by atoms with Crippen molar-refractivity contribution in [2.45, 2.75) is 13.1 Å². The molecule has 0 fully saturated rings. The highest BCUT2D eigenvalue weighted by molar-refractivity contribution is 5.10. The molecule has 0 unspecified atom stereocenters. The number of rotatable bonds is 3. The van der Waals surface area contributed by atoms with E-state index in [1.807, 2.05) is 0 Å². The van der Waals surface area contributed by atoms with Gasteiger partial charge < -0.3 is 14.8 Å². The molecule has 0 saturated heterocycles. The minimum atomic E-state index is -0.0867. The van der Waals surface area contributed by atoms with Gasteiger partial charge in [-0.15, -0.1) is 0 Å². The van der Waals surface area contributed by atoms with E-state index >= 15 is 0 Å². The van der Waals surface area contributed by atoms with Crippen molar-refractivity contribution < 1.29 is 4.52 Å². The maximum Gasteiger partial charge on any atom is 0.255 e. The van der Waals surface area contributed by atoms with Crippen molar-refractivity contribution >= 4 is 0 Å². The quantitative estimate of drug-likeness (QED) is 0.784. The lowest BCUT2D eigenvalue weighted by Crippen LogP contribution is -2.24. The first-order valence-electron chi connectivity index (χ1n) is 4.59. The molecule has 2 heterocycles. The van der Waals surface area contributed by atoms with Crippen LogP contribution in [-0.4, -0.2) is 9.72 Å². The number of aromatic nitrogens is 2. The zero-order valence-corrected chi connectivity index (χ0v) is 8.09. The summed E-state index contributed by atoms with van der Waals surface area (Å²) in [6.07, 6.45) is 3.25. The molecular weight excluding hydrogens is 194 g/mol. The van der Waals surface area contributed by atoms with Gasteiger partial charge in [-0.25, -0.2) is 0 Å². The van der Waals surface area contributed by atoms with Gasteiger partial charge >= 0.3 is 0 Å². The van der Waals surface area contributed by atoms with E-state index in [-0.39, 0.29) is 12.1 Å². The summed E-state index contributed by atoms with van der Waals surface area (Å²) in [6.45, 7) is 0.628. The van der Waals surface area contributed by atoms with Crippen LogP contribution in [0.5, 0.6) is 0 Å². The fourth-order valence-corrected chi connectivity index (χ4v) is 1.36. The number of hydrogen-bond donors (Lipinski definition) is 1. The monoisotopic (exact) mass is 205 g/mol. The lowest BCUT2D eigenvalue weighted by molar-refractivity contribution is 0.375. The molecule has 0 aliphatic heterocycles. The number of nitrogens with two attached hydrogens (primary N) is 1. The van der Waals surface area contributed by atoms with Gasteiger partial charge in [0.25, 0.3) is 5.56 Å². The Balaban J connectivity index is 2.33. The van der Waals surface area contributed by atoms with Crippen molar-refractivity contribution in [3.8, 4) is 0 Å². The Labute approximate surface area is 86.1 Å². The van der Waals surface area contributed by atoms with Crippen LogP contribution in [0.3, 0.4) is 0 Å². The summed E-state index contributed by atoms with van der Waals surface area (Å²) in [4.78, 5) is 11.7. The third-order valence-corrected chi connectivity index (χ3v) is 2.14.